The molecule has 8 heteroatoms. The fourth-order valence-electron chi connectivity index (χ4n) is 1.33. The number of sulfonamides is 1. The second kappa shape index (κ2) is 6.62. The maximum atomic E-state index is 11.6. The molecular formula is C11H17N3O4S. The molecule has 0 bridgehead atoms. The van der Waals surface area contributed by atoms with Gasteiger partial charge in [-0.25, -0.2) is 13.1 Å². The molecule has 0 aliphatic heterocycles. The molecule has 0 heterocycles. The van der Waals surface area contributed by atoms with Gasteiger partial charge in [-0.2, -0.15) is 0 Å². The van der Waals surface area contributed by atoms with E-state index in [0.717, 1.165) is 0 Å². The quantitative estimate of drug-likeness (QED) is 0.653. The standard InChI is InChI=1S/C11H17N3O4S/c1-13-19(16,17)9-5-3-8(4-6-9)14-11(15)10(12)7-18-2/h3-6,10,13H,7,12H2,1-2H3,(H,14,15). The van der Waals surface area contributed by atoms with Gasteiger partial charge in [-0.15, -0.1) is 0 Å². The third-order valence-corrected chi connectivity index (χ3v) is 3.81. The minimum Gasteiger partial charge on any atom is -0.383 e. The zero-order valence-corrected chi connectivity index (χ0v) is 11.5. The summed E-state index contributed by atoms with van der Waals surface area (Å²) in [6, 6.07) is 4.99. The lowest BCUT2D eigenvalue weighted by atomic mass is 10.2. The average Bonchev–Trinajstić information content (AvgIpc) is 2.39. The third kappa shape index (κ3) is 4.28. The van der Waals surface area contributed by atoms with Crippen LogP contribution in [0.1, 0.15) is 0 Å². The van der Waals surface area contributed by atoms with E-state index in [-0.39, 0.29) is 11.5 Å². The first-order valence-corrected chi connectivity index (χ1v) is 6.98. The number of anilines is 1. The molecule has 1 aromatic rings. The zero-order valence-electron chi connectivity index (χ0n) is 10.7. The summed E-state index contributed by atoms with van der Waals surface area (Å²) >= 11 is 0. The lowest BCUT2D eigenvalue weighted by molar-refractivity contribution is -0.118. The highest BCUT2D eigenvalue weighted by Crippen LogP contribution is 2.13. The first kappa shape index (κ1) is 15.6. The van der Waals surface area contributed by atoms with Crippen LogP contribution in [0.15, 0.2) is 29.2 Å². The summed E-state index contributed by atoms with van der Waals surface area (Å²) in [5.41, 5.74) is 6.02. The predicted octanol–water partition coefficient (Wildman–Crippen LogP) is -0.493. The van der Waals surface area contributed by atoms with E-state index in [2.05, 4.69) is 10.0 Å². The third-order valence-electron chi connectivity index (χ3n) is 2.38. The van der Waals surface area contributed by atoms with E-state index in [1.54, 1.807) is 0 Å². The molecule has 0 saturated heterocycles. The highest BCUT2D eigenvalue weighted by atomic mass is 32.2. The molecule has 1 atom stereocenters. The van der Waals surface area contributed by atoms with Gasteiger partial charge in [-0.1, -0.05) is 0 Å². The highest BCUT2D eigenvalue weighted by Gasteiger charge is 2.14. The van der Waals surface area contributed by atoms with Gasteiger partial charge in [0.2, 0.25) is 15.9 Å². The monoisotopic (exact) mass is 287 g/mol. The lowest BCUT2D eigenvalue weighted by Crippen LogP contribution is -2.39. The summed E-state index contributed by atoms with van der Waals surface area (Å²) in [5.74, 6) is -0.397. The van der Waals surface area contributed by atoms with Crippen LogP contribution < -0.4 is 15.8 Å². The number of carbonyl (C=O) groups excluding carboxylic acids is 1. The number of benzene rings is 1. The van der Waals surface area contributed by atoms with Gasteiger partial charge in [0.1, 0.15) is 6.04 Å². The van der Waals surface area contributed by atoms with Crippen molar-refractivity contribution in [1.82, 2.24) is 4.72 Å². The number of ether oxygens (including phenoxy) is 1. The average molecular weight is 287 g/mol. The van der Waals surface area contributed by atoms with E-state index >= 15 is 0 Å². The molecule has 7 nitrogen and oxygen atoms in total. The van der Waals surface area contributed by atoms with Gasteiger partial charge in [-0.3, -0.25) is 4.79 Å². The Balaban J connectivity index is 2.75. The Labute approximate surface area is 112 Å². The first-order chi connectivity index (χ1) is 8.90. The second-order valence-electron chi connectivity index (χ2n) is 3.78. The Morgan fingerprint density at radius 3 is 2.42 bits per heavy atom. The van der Waals surface area contributed by atoms with Crippen molar-refractivity contribution in [3.05, 3.63) is 24.3 Å². The predicted molar refractivity (Wildman–Crippen MR) is 71.2 cm³/mol. The maximum Gasteiger partial charge on any atom is 0.243 e. The molecular weight excluding hydrogens is 270 g/mol. The number of carbonyl (C=O) groups is 1. The summed E-state index contributed by atoms with van der Waals surface area (Å²) in [7, 11) is -0.699. The van der Waals surface area contributed by atoms with Gasteiger partial charge < -0.3 is 15.8 Å². The molecule has 0 fully saturated rings. The molecule has 1 unspecified atom stereocenters. The SMILES string of the molecule is CNS(=O)(=O)c1ccc(NC(=O)C(N)COC)cc1. The Kier molecular flexibility index (Phi) is 5.43. The fraction of sp³-hybridized carbons (Fsp3) is 0.364. The largest absolute Gasteiger partial charge is 0.383 e. The van der Waals surface area contributed by atoms with Crippen molar-refractivity contribution in [2.24, 2.45) is 5.73 Å². The number of hydrogen-bond donors (Lipinski definition) is 3. The molecule has 19 heavy (non-hydrogen) atoms. The van der Waals surface area contributed by atoms with Crippen molar-refractivity contribution in [3.63, 3.8) is 0 Å². The molecule has 1 amide bonds. The summed E-state index contributed by atoms with van der Waals surface area (Å²) in [6.45, 7) is 0.109. The molecule has 0 saturated carbocycles. The highest BCUT2D eigenvalue weighted by molar-refractivity contribution is 7.89. The van der Waals surface area contributed by atoms with Crippen LogP contribution in [0.4, 0.5) is 5.69 Å². The normalized spacial score (nSPS) is 13.0. The van der Waals surface area contributed by atoms with Crippen LogP contribution in [-0.2, 0) is 19.6 Å². The number of amides is 1. The minimum atomic E-state index is -3.48. The molecule has 1 rings (SSSR count). The zero-order chi connectivity index (χ0) is 14.5. The van der Waals surface area contributed by atoms with E-state index in [1.165, 1.54) is 38.4 Å². The summed E-state index contributed by atoms with van der Waals surface area (Å²) < 4.78 is 30.0. The van der Waals surface area contributed by atoms with E-state index in [0.29, 0.717) is 5.69 Å². The number of rotatable bonds is 6. The van der Waals surface area contributed by atoms with Crippen LogP contribution >= 0.6 is 0 Å². The van der Waals surface area contributed by atoms with E-state index in [1.807, 2.05) is 0 Å². The van der Waals surface area contributed by atoms with Crippen molar-refractivity contribution >= 4 is 21.6 Å². The van der Waals surface area contributed by atoms with Gasteiger partial charge in [0.05, 0.1) is 11.5 Å². The van der Waals surface area contributed by atoms with Crippen molar-refractivity contribution in [3.8, 4) is 0 Å². The molecule has 106 valence electrons. The van der Waals surface area contributed by atoms with Crippen molar-refractivity contribution in [2.75, 3.05) is 26.1 Å². The smallest absolute Gasteiger partial charge is 0.243 e. The lowest BCUT2D eigenvalue weighted by Gasteiger charge is -2.11. The van der Waals surface area contributed by atoms with E-state index < -0.39 is 22.0 Å². The Morgan fingerprint density at radius 2 is 1.95 bits per heavy atom. The number of nitrogens with one attached hydrogen (secondary N) is 2. The molecule has 0 aliphatic rings. The number of methoxy groups -OCH3 is 1. The Hall–Kier alpha value is -1.48. The molecule has 1 aromatic carbocycles. The molecule has 4 N–H and O–H groups in total. The van der Waals surface area contributed by atoms with Gasteiger partial charge in [-0.05, 0) is 31.3 Å². The molecule has 0 aliphatic carbocycles. The Morgan fingerprint density at radius 1 is 1.37 bits per heavy atom. The summed E-state index contributed by atoms with van der Waals surface area (Å²) in [5, 5.41) is 2.56. The van der Waals surface area contributed by atoms with Crippen molar-refractivity contribution in [2.45, 2.75) is 10.9 Å². The van der Waals surface area contributed by atoms with Gasteiger partial charge >= 0.3 is 0 Å². The van der Waals surface area contributed by atoms with Gasteiger partial charge in [0, 0.05) is 12.8 Å². The second-order valence-corrected chi connectivity index (χ2v) is 5.67. The number of hydrogen-bond acceptors (Lipinski definition) is 5. The van der Waals surface area contributed by atoms with Gasteiger partial charge in [0.15, 0.2) is 0 Å². The van der Waals surface area contributed by atoms with Crippen LogP contribution in [0.2, 0.25) is 0 Å². The Bertz CT molecular complexity index is 527. The van der Waals surface area contributed by atoms with Crippen LogP contribution in [0.3, 0.4) is 0 Å². The van der Waals surface area contributed by atoms with Crippen LogP contribution in [-0.4, -0.2) is 41.1 Å². The number of nitrogens with two attached hydrogens (primary N) is 1. The van der Waals surface area contributed by atoms with Crippen molar-refractivity contribution < 1.29 is 17.9 Å². The maximum absolute atomic E-state index is 11.6. The van der Waals surface area contributed by atoms with Crippen LogP contribution in [0.25, 0.3) is 0 Å². The van der Waals surface area contributed by atoms with Crippen molar-refractivity contribution in [1.29, 1.82) is 0 Å². The molecule has 0 spiro atoms. The van der Waals surface area contributed by atoms with Gasteiger partial charge in [0.25, 0.3) is 0 Å². The van der Waals surface area contributed by atoms with Crippen LogP contribution in [0, 0.1) is 0 Å². The minimum absolute atomic E-state index is 0.109. The van der Waals surface area contributed by atoms with E-state index in [9.17, 15) is 13.2 Å². The topological polar surface area (TPSA) is 111 Å². The fourth-order valence-corrected chi connectivity index (χ4v) is 2.06. The first-order valence-electron chi connectivity index (χ1n) is 5.49. The van der Waals surface area contributed by atoms with Crippen LogP contribution in [0.5, 0.6) is 0 Å². The summed E-state index contributed by atoms with van der Waals surface area (Å²) in [4.78, 5) is 11.7. The molecule has 0 aromatic heterocycles. The van der Waals surface area contributed by atoms with E-state index in [4.69, 9.17) is 10.5 Å². The molecule has 0 radical (unpaired) electrons. The summed E-state index contributed by atoms with van der Waals surface area (Å²) in [6.07, 6.45) is 0.